The molecule has 30 heavy (non-hydrogen) atoms. The van der Waals surface area contributed by atoms with E-state index < -0.39 is 28.6 Å². The van der Waals surface area contributed by atoms with Gasteiger partial charge >= 0.3 is 0 Å². The fourth-order valence-corrected chi connectivity index (χ4v) is 4.09. The van der Waals surface area contributed by atoms with Gasteiger partial charge in [0, 0.05) is 20.3 Å². The average molecular weight is 414 g/mol. The minimum atomic E-state index is -0.756. The predicted molar refractivity (Wildman–Crippen MR) is 113 cm³/mol. The number of anilines is 3. The van der Waals surface area contributed by atoms with Gasteiger partial charge in [-0.05, 0) is 31.2 Å². The first kappa shape index (κ1) is 21.5. The van der Waals surface area contributed by atoms with Gasteiger partial charge < -0.3 is 20.6 Å². The Bertz CT molecular complexity index is 1060. The van der Waals surface area contributed by atoms with Crippen molar-refractivity contribution in [1.82, 2.24) is 9.88 Å². The molecule has 1 aromatic heterocycles. The third kappa shape index (κ3) is 3.67. The molecule has 9 nitrogen and oxygen atoms in total. The van der Waals surface area contributed by atoms with Crippen molar-refractivity contribution in [3.63, 3.8) is 0 Å². The second-order valence-corrected chi connectivity index (χ2v) is 8.34. The minimum absolute atomic E-state index is 0.0185. The maximum atomic E-state index is 12.3. The monoisotopic (exact) mass is 414 g/mol. The summed E-state index contributed by atoms with van der Waals surface area (Å²) >= 11 is 0. The molecule has 3 rings (SSSR count). The summed E-state index contributed by atoms with van der Waals surface area (Å²) in [5.74, 6) is -1.05. The van der Waals surface area contributed by atoms with Gasteiger partial charge in [-0.25, -0.2) is 4.98 Å². The quantitative estimate of drug-likeness (QED) is 0.585. The molecule has 1 aromatic carbocycles. The predicted octanol–water partition coefficient (Wildman–Crippen LogP) is 1.78. The Morgan fingerprint density at radius 3 is 2.33 bits per heavy atom. The minimum Gasteiger partial charge on any atom is -0.504 e. The van der Waals surface area contributed by atoms with Gasteiger partial charge in [0.05, 0.1) is 11.7 Å². The van der Waals surface area contributed by atoms with Crippen LogP contribution in [0.2, 0.25) is 0 Å². The first-order chi connectivity index (χ1) is 14.1. The van der Waals surface area contributed by atoms with E-state index in [9.17, 15) is 24.3 Å². The highest BCUT2D eigenvalue weighted by Crippen LogP contribution is 2.42. The van der Waals surface area contributed by atoms with Crippen molar-refractivity contribution < 1.29 is 14.7 Å². The van der Waals surface area contributed by atoms with Crippen LogP contribution in [0.25, 0.3) is 0 Å². The number of ketones is 1. The Labute approximate surface area is 173 Å². The highest BCUT2D eigenvalue weighted by atomic mass is 16.3. The molecule has 1 fully saturated rings. The number of carbonyl (C=O) groups excluding carboxylic acids is 2. The Hall–Kier alpha value is -3.23. The van der Waals surface area contributed by atoms with E-state index in [0.717, 1.165) is 25.7 Å². The van der Waals surface area contributed by atoms with Crippen molar-refractivity contribution in [2.45, 2.75) is 45.6 Å². The number of pyridine rings is 1. The van der Waals surface area contributed by atoms with E-state index in [4.69, 9.17) is 0 Å². The largest absolute Gasteiger partial charge is 0.504 e. The zero-order valence-corrected chi connectivity index (χ0v) is 17.5. The molecule has 1 aliphatic rings. The molecule has 0 spiro atoms. The Morgan fingerprint density at radius 2 is 1.77 bits per heavy atom. The summed E-state index contributed by atoms with van der Waals surface area (Å²) in [7, 11) is 3.04. The number of rotatable bonds is 7. The van der Waals surface area contributed by atoms with Gasteiger partial charge in [0.2, 0.25) is 0 Å². The lowest BCUT2D eigenvalue weighted by Crippen LogP contribution is -2.47. The van der Waals surface area contributed by atoms with Crippen LogP contribution in [0, 0.1) is 5.41 Å². The van der Waals surface area contributed by atoms with Crippen LogP contribution in [-0.2, 0) is 4.79 Å². The number of nitrogens with one attached hydrogen (secondary N) is 2. The van der Waals surface area contributed by atoms with Gasteiger partial charge in [0.25, 0.3) is 16.8 Å². The molecule has 0 bridgehead atoms. The molecule has 0 radical (unpaired) electrons. The van der Waals surface area contributed by atoms with Gasteiger partial charge in [-0.15, -0.1) is 0 Å². The number of nitrogens with zero attached hydrogens (tertiary/aromatic N) is 2. The lowest BCUT2D eigenvalue weighted by Gasteiger charge is -2.34. The number of hydrogen-bond donors (Lipinski definition) is 3. The number of carbonyl (C=O) groups is 2. The number of hydrogen-bond acceptors (Lipinski definition) is 8. The molecule has 1 saturated carbocycles. The summed E-state index contributed by atoms with van der Waals surface area (Å²) in [6, 6.07) is 0.796. The molecule has 3 N–H and O–H groups in total. The molecular weight excluding hydrogens is 388 g/mol. The van der Waals surface area contributed by atoms with Crippen LogP contribution < -0.4 is 21.5 Å². The number of amides is 1. The van der Waals surface area contributed by atoms with Crippen LogP contribution in [0.5, 0.6) is 5.75 Å². The standard InChI is InChI=1S/C21H26N4O5/c1-11(26)19(21(2)8-5-6-9-21)24-14-13(17(28)18(14)29)23-12-7-10-22-15(16(12)27)20(30)25(3)4/h7,10,19,24,27H,5-6,8-9H2,1-4H3,(H,22,23). The second-order valence-electron chi connectivity index (χ2n) is 8.34. The molecule has 0 aliphatic heterocycles. The van der Waals surface area contributed by atoms with Crippen LogP contribution in [0.3, 0.4) is 0 Å². The maximum Gasteiger partial charge on any atom is 0.275 e. The van der Waals surface area contributed by atoms with E-state index in [2.05, 4.69) is 15.6 Å². The van der Waals surface area contributed by atoms with Crippen LogP contribution in [0.1, 0.15) is 50.0 Å². The maximum absolute atomic E-state index is 12.3. The molecule has 2 aromatic rings. The lowest BCUT2D eigenvalue weighted by molar-refractivity contribution is -0.120. The normalized spacial score (nSPS) is 16.3. The molecule has 1 aliphatic carbocycles. The van der Waals surface area contributed by atoms with Gasteiger partial charge in [0.15, 0.2) is 17.2 Å². The first-order valence-electron chi connectivity index (χ1n) is 9.84. The van der Waals surface area contributed by atoms with Gasteiger partial charge in [-0.2, -0.15) is 0 Å². The lowest BCUT2D eigenvalue weighted by atomic mass is 9.78. The molecule has 0 saturated heterocycles. The van der Waals surface area contributed by atoms with Crippen molar-refractivity contribution in [2.24, 2.45) is 5.41 Å². The van der Waals surface area contributed by atoms with Crippen molar-refractivity contribution in [3.05, 3.63) is 38.4 Å². The van der Waals surface area contributed by atoms with Gasteiger partial charge in [-0.3, -0.25) is 19.2 Å². The fourth-order valence-electron chi connectivity index (χ4n) is 4.09. The van der Waals surface area contributed by atoms with E-state index in [1.807, 2.05) is 6.92 Å². The van der Waals surface area contributed by atoms with E-state index in [0.29, 0.717) is 0 Å². The third-order valence-electron chi connectivity index (χ3n) is 5.84. The zero-order chi connectivity index (χ0) is 22.2. The number of aromatic nitrogens is 1. The summed E-state index contributed by atoms with van der Waals surface area (Å²) in [6.45, 7) is 3.47. The molecule has 1 unspecified atom stereocenters. The Kier molecular flexibility index (Phi) is 5.65. The van der Waals surface area contributed by atoms with Crippen LogP contribution in [-0.4, -0.2) is 46.8 Å². The van der Waals surface area contributed by atoms with Crippen LogP contribution in [0.4, 0.5) is 17.1 Å². The Morgan fingerprint density at radius 1 is 1.17 bits per heavy atom. The van der Waals surface area contributed by atoms with Crippen molar-refractivity contribution in [1.29, 1.82) is 0 Å². The highest BCUT2D eigenvalue weighted by Gasteiger charge is 2.41. The molecule has 1 heterocycles. The van der Waals surface area contributed by atoms with Crippen molar-refractivity contribution >= 4 is 28.8 Å². The van der Waals surface area contributed by atoms with Crippen LogP contribution >= 0.6 is 0 Å². The van der Waals surface area contributed by atoms with Gasteiger partial charge in [-0.1, -0.05) is 19.8 Å². The highest BCUT2D eigenvalue weighted by molar-refractivity contribution is 5.97. The van der Waals surface area contributed by atoms with E-state index >= 15 is 0 Å². The summed E-state index contributed by atoms with van der Waals surface area (Å²) in [6.07, 6.45) is 5.03. The van der Waals surface area contributed by atoms with E-state index in [1.165, 1.54) is 38.2 Å². The first-order valence-corrected chi connectivity index (χ1v) is 9.84. The zero-order valence-electron chi connectivity index (χ0n) is 17.5. The fraction of sp³-hybridized carbons (Fsp3) is 0.476. The summed E-state index contributed by atoms with van der Waals surface area (Å²) in [4.78, 5) is 54.1. The van der Waals surface area contributed by atoms with Crippen LogP contribution in [0.15, 0.2) is 21.9 Å². The summed E-state index contributed by atoms with van der Waals surface area (Å²) in [5, 5.41) is 16.2. The summed E-state index contributed by atoms with van der Waals surface area (Å²) in [5.41, 5.74) is -1.92. The molecule has 1 amide bonds. The third-order valence-corrected chi connectivity index (χ3v) is 5.84. The molecule has 1 atom stereocenters. The Balaban J connectivity index is 1.92. The molecule has 160 valence electrons. The smallest absolute Gasteiger partial charge is 0.275 e. The average Bonchev–Trinajstić information content (AvgIpc) is 3.14. The van der Waals surface area contributed by atoms with E-state index in [1.54, 1.807) is 0 Å². The molecule has 9 heteroatoms. The molecular formula is C21H26N4O5. The number of aromatic hydroxyl groups is 1. The van der Waals surface area contributed by atoms with Crippen molar-refractivity contribution in [3.8, 4) is 5.75 Å². The van der Waals surface area contributed by atoms with Crippen molar-refractivity contribution in [2.75, 3.05) is 24.7 Å². The van der Waals surface area contributed by atoms with E-state index in [-0.39, 0.29) is 34.0 Å². The number of Topliss-reactive ketones (excluding diaryl/α,β-unsaturated/α-hetero) is 1. The SMILES string of the molecule is CC(=O)C(Nc1c(Nc2ccnc(C(=O)N(C)C)c2O)c(=O)c1=O)C1(C)CCCC1. The second kappa shape index (κ2) is 7.89. The summed E-state index contributed by atoms with van der Waals surface area (Å²) < 4.78 is 0. The van der Waals surface area contributed by atoms with Gasteiger partial charge in [0.1, 0.15) is 11.4 Å². The topological polar surface area (TPSA) is 129 Å².